The molecular weight excluding hydrogens is 350 g/mol. The number of hydrogen-bond donors (Lipinski definition) is 2. The molecule has 0 radical (unpaired) electrons. The lowest BCUT2D eigenvalue weighted by Gasteiger charge is -2.44. The van der Waals surface area contributed by atoms with Gasteiger partial charge in [-0.05, 0) is 31.9 Å². The SMILES string of the molecule is CCNC(=O)C[C@@H]1CC[C@@H]2[C@H](COC[C@H](O)CN2C(=O)c2ccccn2)O1. The highest BCUT2D eigenvalue weighted by atomic mass is 16.5. The van der Waals surface area contributed by atoms with E-state index in [4.69, 9.17) is 9.47 Å². The predicted molar refractivity (Wildman–Crippen MR) is 97.1 cm³/mol. The van der Waals surface area contributed by atoms with Gasteiger partial charge in [-0.25, -0.2) is 0 Å². The lowest BCUT2D eigenvalue weighted by atomic mass is 9.94. The molecule has 4 atom stereocenters. The van der Waals surface area contributed by atoms with Crippen LogP contribution >= 0.6 is 0 Å². The van der Waals surface area contributed by atoms with Gasteiger partial charge < -0.3 is 24.8 Å². The van der Waals surface area contributed by atoms with Gasteiger partial charge in [-0.15, -0.1) is 0 Å². The van der Waals surface area contributed by atoms with Gasteiger partial charge in [-0.2, -0.15) is 0 Å². The van der Waals surface area contributed by atoms with Gasteiger partial charge in [-0.3, -0.25) is 14.6 Å². The minimum atomic E-state index is -0.758. The van der Waals surface area contributed by atoms with Crippen LogP contribution in [-0.2, 0) is 14.3 Å². The Kier molecular flexibility index (Phi) is 6.76. The molecule has 1 aromatic rings. The Balaban J connectivity index is 1.74. The zero-order chi connectivity index (χ0) is 19.2. The van der Waals surface area contributed by atoms with Gasteiger partial charge >= 0.3 is 0 Å². The Morgan fingerprint density at radius 3 is 2.93 bits per heavy atom. The monoisotopic (exact) mass is 377 g/mol. The molecule has 2 amide bonds. The van der Waals surface area contributed by atoms with Gasteiger partial charge in [0.25, 0.3) is 5.91 Å². The van der Waals surface area contributed by atoms with Crippen molar-refractivity contribution in [2.24, 2.45) is 0 Å². The van der Waals surface area contributed by atoms with Gasteiger partial charge in [0, 0.05) is 19.3 Å². The summed E-state index contributed by atoms with van der Waals surface area (Å²) < 4.78 is 11.7. The van der Waals surface area contributed by atoms with Gasteiger partial charge in [0.05, 0.1) is 37.9 Å². The number of rotatable bonds is 4. The first kappa shape index (κ1) is 19.7. The summed E-state index contributed by atoms with van der Waals surface area (Å²) in [4.78, 5) is 30.7. The molecule has 148 valence electrons. The van der Waals surface area contributed by atoms with Gasteiger partial charge in [0.15, 0.2) is 0 Å². The largest absolute Gasteiger partial charge is 0.389 e. The molecule has 8 nitrogen and oxygen atoms in total. The number of ether oxygens (including phenoxy) is 2. The summed E-state index contributed by atoms with van der Waals surface area (Å²) in [6.07, 6.45) is 1.94. The van der Waals surface area contributed by atoms with E-state index < -0.39 is 6.10 Å². The second-order valence-corrected chi connectivity index (χ2v) is 6.96. The fraction of sp³-hybridized carbons (Fsp3) is 0.632. The number of β-amino-alcohol motifs (C(OH)–C–C–N with tert-alkyl or cyclic N) is 1. The maximum absolute atomic E-state index is 13.0. The van der Waals surface area contributed by atoms with Crippen LogP contribution in [0.1, 0.15) is 36.7 Å². The van der Waals surface area contributed by atoms with E-state index in [1.807, 2.05) is 6.92 Å². The molecule has 2 N–H and O–H groups in total. The molecule has 2 saturated heterocycles. The number of fused-ring (bicyclic) bond motifs is 1. The smallest absolute Gasteiger partial charge is 0.272 e. The molecule has 0 spiro atoms. The topological polar surface area (TPSA) is 101 Å². The highest BCUT2D eigenvalue weighted by Gasteiger charge is 2.40. The zero-order valence-corrected chi connectivity index (χ0v) is 15.5. The molecule has 0 aromatic carbocycles. The molecule has 0 bridgehead atoms. The molecule has 0 aliphatic carbocycles. The number of nitrogens with one attached hydrogen (secondary N) is 1. The molecule has 3 rings (SSSR count). The maximum Gasteiger partial charge on any atom is 0.272 e. The first-order valence-electron chi connectivity index (χ1n) is 9.48. The Morgan fingerprint density at radius 2 is 2.19 bits per heavy atom. The average molecular weight is 377 g/mol. The van der Waals surface area contributed by atoms with Crippen molar-refractivity contribution in [3.8, 4) is 0 Å². The third kappa shape index (κ3) is 5.03. The minimum Gasteiger partial charge on any atom is -0.389 e. The minimum absolute atomic E-state index is 0.0375. The van der Waals surface area contributed by atoms with E-state index >= 15 is 0 Å². The number of carbonyl (C=O) groups is 2. The van der Waals surface area contributed by atoms with Crippen LogP contribution in [0.25, 0.3) is 0 Å². The Morgan fingerprint density at radius 1 is 1.33 bits per heavy atom. The molecule has 2 aliphatic heterocycles. The van der Waals surface area contributed by atoms with Crippen molar-refractivity contribution >= 4 is 11.8 Å². The van der Waals surface area contributed by atoms with Crippen molar-refractivity contribution < 1.29 is 24.2 Å². The Hall–Kier alpha value is -2.03. The highest BCUT2D eigenvalue weighted by Crippen LogP contribution is 2.28. The molecule has 0 saturated carbocycles. The Bertz CT molecular complexity index is 641. The number of aliphatic hydroxyl groups is 1. The number of aliphatic hydroxyl groups excluding tert-OH is 1. The van der Waals surface area contributed by atoms with E-state index in [-0.39, 0.29) is 49.8 Å². The van der Waals surface area contributed by atoms with Crippen molar-refractivity contribution in [3.63, 3.8) is 0 Å². The third-order valence-corrected chi connectivity index (χ3v) is 4.91. The number of carbonyl (C=O) groups excluding carboxylic acids is 2. The summed E-state index contributed by atoms with van der Waals surface area (Å²) >= 11 is 0. The Labute approximate surface area is 158 Å². The van der Waals surface area contributed by atoms with Crippen LogP contribution < -0.4 is 5.32 Å². The maximum atomic E-state index is 13.0. The number of hydrogen-bond acceptors (Lipinski definition) is 6. The quantitative estimate of drug-likeness (QED) is 0.786. The fourth-order valence-corrected chi connectivity index (χ4v) is 3.69. The fourth-order valence-electron chi connectivity index (χ4n) is 3.69. The zero-order valence-electron chi connectivity index (χ0n) is 15.5. The summed E-state index contributed by atoms with van der Waals surface area (Å²) in [5, 5.41) is 13.0. The second kappa shape index (κ2) is 9.25. The van der Waals surface area contributed by atoms with Crippen LogP contribution in [0, 0.1) is 0 Å². The van der Waals surface area contributed by atoms with E-state index in [1.54, 1.807) is 29.3 Å². The standard InChI is InChI=1S/C19H27N3O5/c1-2-20-18(24)9-14-6-7-16-17(27-14)12-26-11-13(23)10-22(16)19(25)15-5-3-4-8-21-15/h3-5,8,13-14,16-17,23H,2,6-7,9-12H2,1H3,(H,20,24)/t13-,14+,16-,17+/m1/s1. The summed E-state index contributed by atoms with van der Waals surface area (Å²) in [7, 11) is 0. The van der Waals surface area contributed by atoms with E-state index in [1.165, 1.54) is 0 Å². The first-order valence-corrected chi connectivity index (χ1v) is 9.48. The van der Waals surface area contributed by atoms with E-state index in [9.17, 15) is 14.7 Å². The highest BCUT2D eigenvalue weighted by molar-refractivity contribution is 5.92. The van der Waals surface area contributed by atoms with E-state index in [2.05, 4.69) is 10.3 Å². The van der Waals surface area contributed by atoms with E-state index in [0.717, 1.165) is 0 Å². The van der Waals surface area contributed by atoms with Crippen molar-refractivity contribution in [3.05, 3.63) is 30.1 Å². The molecule has 3 heterocycles. The summed E-state index contributed by atoms with van der Waals surface area (Å²) in [5.41, 5.74) is 0.342. The summed E-state index contributed by atoms with van der Waals surface area (Å²) in [6, 6.07) is 4.97. The van der Waals surface area contributed by atoms with Gasteiger partial charge in [0.2, 0.25) is 5.91 Å². The summed E-state index contributed by atoms with van der Waals surface area (Å²) in [5.74, 6) is -0.262. The van der Waals surface area contributed by atoms with Crippen LogP contribution in [0.2, 0.25) is 0 Å². The number of pyridine rings is 1. The average Bonchev–Trinajstić information content (AvgIpc) is 2.65. The molecule has 2 aliphatic rings. The number of aromatic nitrogens is 1. The van der Waals surface area contributed by atoms with Crippen LogP contribution in [-0.4, -0.2) is 77.5 Å². The van der Waals surface area contributed by atoms with Crippen molar-refractivity contribution in [1.29, 1.82) is 0 Å². The predicted octanol–water partition coefficient (Wildman–Crippen LogP) is 0.357. The van der Waals surface area contributed by atoms with Crippen molar-refractivity contribution in [2.45, 2.75) is 50.5 Å². The normalized spacial score (nSPS) is 28.6. The lowest BCUT2D eigenvalue weighted by Crippen LogP contribution is -2.57. The molecule has 27 heavy (non-hydrogen) atoms. The molecule has 2 fully saturated rings. The van der Waals surface area contributed by atoms with E-state index in [0.29, 0.717) is 31.5 Å². The number of amides is 2. The second-order valence-electron chi connectivity index (χ2n) is 6.96. The van der Waals surface area contributed by atoms with Crippen LogP contribution in [0.5, 0.6) is 0 Å². The number of nitrogens with zero attached hydrogens (tertiary/aromatic N) is 2. The van der Waals surface area contributed by atoms with Gasteiger partial charge in [0.1, 0.15) is 11.8 Å². The van der Waals surface area contributed by atoms with Crippen LogP contribution in [0.3, 0.4) is 0 Å². The molecule has 1 aromatic heterocycles. The van der Waals surface area contributed by atoms with Crippen LogP contribution in [0.15, 0.2) is 24.4 Å². The molecule has 8 heteroatoms. The van der Waals surface area contributed by atoms with Crippen LogP contribution in [0.4, 0.5) is 0 Å². The molecular formula is C19H27N3O5. The lowest BCUT2D eigenvalue weighted by molar-refractivity contribution is -0.150. The summed E-state index contributed by atoms with van der Waals surface area (Å²) in [6.45, 7) is 3.05. The molecule has 0 unspecified atom stereocenters. The van der Waals surface area contributed by atoms with Crippen molar-refractivity contribution in [1.82, 2.24) is 15.2 Å². The van der Waals surface area contributed by atoms with Crippen molar-refractivity contribution in [2.75, 3.05) is 26.3 Å². The first-order chi connectivity index (χ1) is 13.1. The van der Waals surface area contributed by atoms with Gasteiger partial charge in [-0.1, -0.05) is 6.07 Å². The third-order valence-electron chi connectivity index (χ3n) is 4.91.